The first-order valence-electron chi connectivity index (χ1n) is 11.4. The molecule has 8 heteroatoms. The molecule has 1 N–H and O–H groups in total. The molecule has 1 aliphatic heterocycles. The van der Waals surface area contributed by atoms with Crippen molar-refractivity contribution in [3.8, 4) is 5.75 Å². The number of urea groups is 1. The third-order valence-electron chi connectivity index (χ3n) is 6.28. The summed E-state index contributed by atoms with van der Waals surface area (Å²) in [5, 5.41) is 3.60. The highest BCUT2D eigenvalue weighted by Crippen LogP contribution is 2.24. The number of benzene rings is 2. The number of nitrogens with one attached hydrogen (secondary N) is 1. The van der Waals surface area contributed by atoms with Crippen LogP contribution < -0.4 is 15.6 Å². The maximum absolute atomic E-state index is 12.9. The molecular weight excluding hydrogens is 418 g/mol. The number of aromatic nitrogens is 2. The van der Waals surface area contributed by atoms with Gasteiger partial charge in [0.1, 0.15) is 11.6 Å². The van der Waals surface area contributed by atoms with E-state index < -0.39 is 0 Å². The van der Waals surface area contributed by atoms with Gasteiger partial charge in [-0.15, -0.1) is 0 Å². The number of carbonyl (C=O) groups is 1. The summed E-state index contributed by atoms with van der Waals surface area (Å²) in [5.74, 6) is 1.52. The van der Waals surface area contributed by atoms with Crippen molar-refractivity contribution < 1.29 is 9.53 Å². The molecule has 8 nitrogen and oxygen atoms in total. The van der Waals surface area contributed by atoms with E-state index >= 15 is 0 Å². The van der Waals surface area contributed by atoms with Gasteiger partial charge in [0.25, 0.3) is 5.56 Å². The number of hydrogen-bond donors (Lipinski definition) is 1. The van der Waals surface area contributed by atoms with Gasteiger partial charge >= 0.3 is 6.03 Å². The van der Waals surface area contributed by atoms with Crippen LogP contribution in [0.25, 0.3) is 10.9 Å². The number of anilines is 1. The lowest BCUT2D eigenvalue weighted by molar-refractivity contribution is 0.0796. The molecule has 2 aromatic carbocycles. The molecule has 4 rings (SSSR count). The lowest BCUT2D eigenvalue weighted by Crippen LogP contribution is -2.55. The number of hydrogen-bond acceptors (Lipinski definition) is 5. The van der Waals surface area contributed by atoms with E-state index in [1.807, 2.05) is 67.3 Å². The Balaban J connectivity index is 1.43. The monoisotopic (exact) mass is 449 g/mol. The number of para-hydroxylation sites is 1. The molecule has 2 amide bonds. The SMILES string of the molecule is CCOc1ccc(NC(=O)N2CCN(C(C)c3nc4ccccc4c(=O)n3C)CC2C)cc1. The van der Waals surface area contributed by atoms with Gasteiger partial charge in [-0.2, -0.15) is 0 Å². The molecular formula is C25H31N5O3. The first-order valence-corrected chi connectivity index (χ1v) is 11.4. The molecule has 0 spiro atoms. The van der Waals surface area contributed by atoms with Gasteiger partial charge in [0.15, 0.2) is 0 Å². The Bertz CT molecular complexity index is 1190. The van der Waals surface area contributed by atoms with Crippen LogP contribution in [0.2, 0.25) is 0 Å². The Labute approximate surface area is 193 Å². The zero-order valence-electron chi connectivity index (χ0n) is 19.6. The third-order valence-corrected chi connectivity index (χ3v) is 6.28. The second kappa shape index (κ2) is 9.62. The lowest BCUT2D eigenvalue weighted by atomic mass is 10.1. The number of carbonyl (C=O) groups excluding carboxylic acids is 1. The number of piperazine rings is 1. The second-order valence-electron chi connectivity index (χ2n) is 8.45. The van der Waals surface area contributed by atoms with Crippen LogP contribution in [0.5, 0.6) is 5.75 Å². The first-order chi connectivity index (χ1) is 15.9. The van der Waals surface area contributed by atoms with Gasteiger partial charge in [0.05, 0.1) is 23.6 Å². The Hall–Kier alpha value is -3.39. The van der Waals surface area contributed by atoms with Crippen LogP contribution in [0.15, 0.2) is 53.3 Å². The summed E-state index contributed by atoms with van der Waals surface area (Å²) in [4.78, 5) is 34.6. The van der Waals surface area contributed by atoms with E-state index in [0.717, 1.165) is 17.3 Å². The molecule has 2 unspecified atom stereocenters. The normalized spacial score (nSPS) is 17.7. The number of rotatable bonds is 5. The Kier molecular flexibility index (Phi) is 6.65. The van der Waals surface area contributed by atoms with E-state index in [4.69, 9.17) is 9.72 Å². The van der Waals surface area contributed by atoms with Crippen molar-refractivity contribution in [3.63, 3.8) is 0 Å². The predicted molar refractivity (Wildman–Crippen MR) is 130 cm³/mol. The highest BCUT2D eigenvalue weighted by atomic mass is 16.5. The fourth-order valence-electron chi connectivity index (χ4n) is 4.41. The summed E-state index contributed by atoms with van der Waals surface area (Å²) in [6.45, 7) is 8.64. The van der Waals surface area contributed by atoms with Crippen LogP contribution >= 0.6 is 0 Å². The summed E-state index contributed by atoms with van der Waals surface area (Å²) >= 11 is 0. The largest absolute Gasteiger partial charge is 0.494 e. The van der Waals surface area contributed by atoms with Crippen molar-refractivity contribution in [3.05, 3.63) is 64.7 Å². The van der Waals surface area contributed by atoms with Gasteiger partial charge in [-0.05, 0) is 57.2 Å². The predicted octanol–water partition coefficient (Wildman–Crippen LogP) is 3.63. The van der Waals surface area contributed by atoms with Gasteiger partial charge in [-0.1, -0.05) is 12.1 Å². The Morgan fingerprint density at radius 3 is 2.61 bits per heavy atom. The molecule has 1 aliphatic rings. The minimum absolute atomic E-state index is 0.0152. The van der Waals surface area contributed by atoms with Crippen molar-refractivity contribution in [2.45, 2.75) is 32.9 Å². The molecule has 0 bridgehead atoms. The van der Waals surface area contributed by atoms with Crippen molar-refractivity contribution in [2.24, 2.45) is 7.05 Å². The van der Waals surface area contributed by atoms with Gasteiger partial charge < -0.3 is 15.0 Å². The molecule has 1 aromatic heterocycles. The second-order valence-corrected chi connectivity index (χ2v) is 8.45. The van der Waals surface area contributed by atoms with E-state index in [2.05, 4.69) is 17.1 Å². The van der Waals surface area contributed by atoms with Crippen LogP contribution in [0, 0.1) is 0 Å². The smallest absolute Gasteiger partial charge is 0.322 e. The minimum Gasteiger partial charge on any atom is -0.494 e. The van der Waals surface area contributed by atoms with Gasteiger partial charge in [-0.25, -0.2) is 9.78 Å². The van der Waals surface area contributed by atoms with Crippen LogP contribution in [-0.2, 0) is 7.05 Å². The van der Waals surface area contributed by atoms with Crippen LogP contribution in [0.1, 0.15) is 32.6 Å². The average Bonchev–Trinajstić information content (AvgIpc) is 2.82. The van der Waals surface area contributed by atoms with E-state index in [-0.39, 0.29) is 23.7 Å². The van der Waals surface area contributed by atoms with Crippen molar-refractivity contribution in [1.29, 1.82) is 0 Å². The number of ether oxygens (including phenoxy) is 1. The summed E-state index contributed by atoms with van der Waals surface area (Å²) < 4.78 is 7.10. The van der Waals surface area contributed by atoms with Crippen molar-refractivity contribution in [2.75, 3.05) is 31.6 Å². The number of nitrogens with zero attached hydrogens (tertiary/aromatic N) is 4. The summed E-state index contributed by atoms with van der Waals surface area (Å²) in [5.41, 5.74) is 1.41. The molecule has 0 aliphatic carbocycles. The standard InChI is InChI=1S/C25H31N5O3/c1-5-33-20-12-10-19(11-13-20)26-25(32)30-15-14-29(16-17(30)2)18(3)23-27-22-9-7-6-8-21(22)24(31)28(23)4/h6-13,17-18H,5,14-16H2,1-4H3,(H,26,32). The maximum Gasteiger partial charge on any atom is 0.322 e. The van der Waals surface area contributed by atoms with Crippen LogP contribution in [-0.4, -0.2) is 57.7 Å². The van der Waals surface area contributed by atoms with E-state index in [0.29, 0.717) is 37.1 Å². The highest BCUT2D eigenvalue weighted by molar-refractivity contribution is 5.89. The zero-order valence-corrected chi connectivity index (χ0v) is 19.6. The Morgan fingerprint density at radius 1 is 1.18 bits per heavy atom. The molecule has 3 aromatic rings. The van der Waals surface area contributed by atoms with Crippen LogP contribution in [0.3, 0.4) is 0 Å². The van der Waals surface area contributed by atoms with Gasteiger partial charge in [-0.3, -0.25) is 14.3 Å². The lowest BCUT2D eigenvalue weighted by Gasteiger charge is -2.42. The molecule has 2 heterocycles. The quantitative estimate of drug-likeness (QED) is 0.643. The summed E-state index contributed by atoms with van der Waals surface area (Å²) in [6.07, 6.45) is 0. The molecule has 1 fully saturated rings. The van der Waals surface area contributed by atoms with Crippen molar-refractivity contribution in [1.82, 2.24) is 19.4 Å². The zero-order chi connectivity index (χ0) is 23.5. The minimum atomic E-state index is -0.116. The third kappa shape index (κ3) is 4.71. The highest BCUT2D eigenvalue weighted by Gasteiger charge is 2.31. The molecule has 174 valence electrons. The number of amides is 2. The summed E-state index contributed by atoms with van der Waals surface area (Å²) in [7, 11) is 1.78. The van der Waals surface area contributed by atoms with Crippen molar-refractivity contribution >= 4 is 22.6 Å². The fourth-order valence-corrected chi connectivity index (χ4v) is 4.41. The first kappa shape index (κ1) is 22.8. The van der Waals surface area contributed by atoms with Gasteiger partial charge in [0.2, 0.25) is 0 Å². The molecule has 2 atom stereocenters. The Morgan fingerprint density at radius 2 is 1.91 bits per heavy atom. The van der Waals surface area contributed by atoms with E-state index in [9.17, 15) is 9.59 Å². The maximum atomic E-state index is 12.9. The summed E-state index contributed by atoms with van der Waals surface area (Å²) in [6, 6.07) is 14.7. The van der Waals surface area contributed by atoms with E-state index in [1.165, 1.54) is 0 Å². The fraction of sp³-hybridized carbons (Fsp3) is 0.400. The number of fused-ring (bicyclic) bond motifs is 1. The van der Waals surface area contributed by atoms with Crippen LogP contribution in [0.4, 0.5) is 10.5 Å². The molecule has 33 heavy (non-hydrogen) atoms. The topological polar surface area (TPSA) is 79.7 Å². The molecule has 0 radical (unpaired) electrons. The average molecular weight is 450 g/mol. The molecule has 0 saturated carbocycles. The molecule has 1 saturated heterocycles. The van der Waals surface area contributed by atoms with E-state index in [1.54, 1.807) is 11.6 Å². The van der Waals surface area contributed by atoms with Gasteiger partial charge in [0, 0.05) is 38.4 Å².